The Hall–Kier alpha value is -1.31. The second kappa shape index (κ2) is 4.47. The SMILES string of the molecule is COc1cc(C(C)C)cc(C(C)=O)c1C. The van der Waals surface area contributed by atoms with Crippen LogP contribution in [0.25, 0.3) is 0 Å². The van der Waals surface area contributed by atoms with Crippen molar-refractivity contribution in [3.63, 3.8) is 0 Å². The molecular weight excluding hydrogens is 188 g/mol. The Morgan fingerprint density at radius 2 is 1.93 bits per heavy atom. The lowest BCUT2D eigenvalue weighted by Gasteiger charge is -2.13. The minimum absolute atomic E-state index is 0.0910. The Labute approximate surface area is 91.3 Å². The van der Waals surface area contributed by atoms with Crippen molar-refractivity contribution < 1.29 is 9.53 Å². The Kier molecular flexibility index (Phi) is 3.51. The second-order valence-electron chi connectivity index (χ2n) is 4.11. The van der Waals surface area contributed by atoms with Gasteiger partial charge in [-0.05, 0) is 37.5 Å². The molecular formula is C13H18O2. The number of benzene rings is 1. The number of rotatable bonds is 3. The summed E-state index contributed by atoms with van der Waals surface area (Å²) in [5, 5.41) is 0. The van der Waals surface area contributed by atoms with Crippen LogP contribution < -0.4 is 4.74 Å². The van der Waals surface area contributed by atoms with Gasteiger partial charge in [-0.2, -0.15) is 0 Å². The molecule has 0 saturated carbocycles. The van der Waals surface area contributed by atoms with Crippen LogP contribution in [0.1, 0.15) is 48.2 Å². The highest BCUT2D eigenvalue weighted by Gasteiger charge is 2.12. The molecule has 0 aliphatic carbocycles. The van der Waals surface area contributed by atoms with Gasteiger partial charge in [0.25, 0.3) is 0 Å². The molecule has 0 amide bonds. The molecule has 0 heterocycles. The molecule has 0 spiro atoms. The van der Waals surface area contributed by atoms with Crippen LogP contribution >= 0.6 is 0 Å². The van der Waals surface area contributed by atoms with Gasteiger partial charge in [0.05, 0.1) is 7.11 Å². The van der Waals surface area contributed by atoms with Crippen LogP contribution in [-0.2, 0) is 0 Å². The number of hydrogen-bond donors (Lipinski definition) is 0. The van der Waals surface area contributed by atoms with Crippen molar-refractivity contribution in [2.75, 3.05) is 7.11 Å². The highest BCUT2D eigenvalue weighted by atomic mass is 16.5. The maximum atomic E-state index is 11.5. The van der Waals surface area contributed by atoms with Gasteiger partial charge < -0.3 is 4.74 Å². The fourth-order valence-electron chi connectivity index (χ4n) is 1.62. The van der Waals surface area contributed by atoms with Crippen LogP contribution in [0.3, 0.4) is 0 Å². The van der Waals surface area contributed by atoms with E-state index in [-0.39, 0.29) is 5.78 Å². The van der Waals surface area contributed by atoms with E-state index in [4.69, 9.17) is 4.74 Å². The van der Waals surface area contributed by atoms with Crippen LogP contribution in [0.15, 0.2) is 12.1 Å². The van der Waals surface area contributed by atoms with Gasteiger partial charge >= 0.3 is 0 Å². The van der Waals surface area contributed by atoms with E-state index in [0.29, 0.717) is 5.92 Å². The molecule has 0 bridgehead atoms. The lowest BCUT2D eigenvalue weighted by Crippen LogP contribution is -2.02. The van der Waals surface area contributed by atoms with Crippen LogP contribution in [0.4, 0.5) is 0 Å². The number of ether oxygens (including phenoxy) is 1. The Balaban J connectivity index is 3.38. The molecule has 0 unspecified atom stereocenters. The predicted octanol–water partition coefficient (Wildman–Crippen LogP) is 3.33. The molecule has 1 aromatic carbocycles. The first-order valence-corrected chi connectivity index (χ1v) is 5.16. The van der Waals surface area contributed by atoms with E-state index in [1.54, 1.807) is 14.0 Å². The van der Waals surface area contributed by atoms with Crippen molar-refractivity contribution >= 4 is 5.78 Å². The van der Waals surface area contributed by atoms with Crippen LogP contribution in [-0.4, -0.2) is 12.9 Å². The monoisotopic (exact) mass is 206 g/mol. The lowest BCUT2D eigenvalue weighted by molar-refractivity contribution is 0.101. The Morgan fingerprint density at radius 3 is 2.33 bits per heavy atom. The van der Waals surface area contributed by atoms with E-state index in [2.05, 4.69) is 13.8 Å². The maximum absolute atomic E-state index is 11.5. The molecule has 1 rings (SSSR count). The minimum atomic E-state index is 0.0910. The average Bonchev–Trinajstić information content (AvgIpc) is 2.17. The first-order chi connectivity index (χ1) is 6.97. The van der Waals surface area contributed by atoms with Gasteiger partial charge in [-0.3, -0.25) is 4.79 Å². The van der Waals surface area contributed by atoms with Crippen molar-refractivity contribution in [2.24, 2.45) is 0 Å². The lowest BCUT2D eigenvalue weighted by atomic mass is 9.95. The van der Waals surface area contributed by atoms with Gasteiger partial charge in [-0.25, -0.2) is 0 Å². The highest BCUT2D eigenvalue weighted by Crippen LogP contribution is 2.27. The number of ketones is 1. The standard InChI is InChI=1S/C13H18O2/c1-8(2)11-6-12(10(4)14)9(3)13(7-11)15-5/h6-8H,1-5H3. The first kappa shape index (κ1) is 11.8. The molecule has 0 aromatic heterocycles. The molecule has 0 aliphatic rings. The molecule has 0 atom stereocenters. The summed E-state index contributed by atoms with van der Waals surface area (Å²) in [6.45, 7) is 7.72. The fraction of sp³-hybridized carbons (Fsp3) is 0.462. The van der Waals surface area contributed by atoms with Crippen LogP contribution in [0, 0.1) is 6.92 Å². The predicted molar refractivity (Wildman–Crippen MR) is 61.8 cm³/mol. The first-order valence-electron chi connectivity index (χ1n) is 5.16. The highest BCUT2D eigenvalue weighted by molar-refractivity contribution is 5.96. The third kappa shape index (κ3) is 2.38. The van der Waals surface area contributed by atoms with Crippen LogP contribution in [0.2, 0.25) is 0 Å². The smallest absolute Gasteiger partial charge is 0.160 e. The number of carbonyl (C=O) groups excluding carboxylic acids is 1. The molecule has 82 valence electrons. The van der Waals surface area contributed by atoms with E-state index < -0.39 is 0 Å². The summed E-state index contributed by atoms with van der Waals surface area (Å²) in [6, 6.07) is 3.97. The van der Waals surface area contributed by atoms with Crippen molar-refractivity contribution in [3.05, 3.63) is 28.8 Å². The number of Topliss-reactive ketones (excluding diaryl/α,β-unsaturated/α-hetero) is 1. The third-order valence-electron chi connectivity index (χ3n) is 2.65. The zero-order valence-electron chi connectivity index (χ0n) is 10.0. The molecule has 2 heteroatoms. The average molecular weight is 206 g/mol. The maximum Gasteiger partial charge on any atom is 0.160 e. The van der Waals surface area contributed by atoms with Gasteiger partial charge in [-0.15, -0.1) is 0 Å². The molecule has 0 aliphatic heterocycles. The summed E-state index contributed by atoms with van der Waals surface area (Å²) >= 11 is 0. The third-order valence-corrected chi connectivity index (χ3v) is 2.65. The topological polar surface area (TPSA) is 26.3 Å². The van der Waals surface area contributed by atoms with E-state index in [9.17, 15) is 4.79 Å². The van der Waals surface area contributed by atoms with E-state index in [1.807, 2.05) is 19.1 Å². The summed E-state index contributed by atoms with van der Waals surface area (Å²) in [7, 11) is 1.64. The van der Waals surface area contributed by atoms with Crippen LogP contribution in [0.5, 0.6) is 5.75 Å². The quantitative estimate of drug-likeness (QED) is 0.709. The molecule has 2 nitrogen and oxygen atoms in total. The van der Waals surface area contributed by atoms with Gasteiger partial charge in [0.2, 0.25) is 0 Å². The van der Waals surface area contributed by atoms with Gasteiger partial charge in [0, 0.05) is 11.1 Å². The second-order valence-corrected chi connectivity index (χ2v) is 4.11. The van der Waals surface area contributed by atoms with E-state index in [0.717, 1.165) is 22.4 Å². The zero-order chi connectivity index (χ0) is 11.6. The zero-order valence-corrected chi connectivity index (χ0v) is 10.0. The summed E-state index contributed by atoms with van der Waals surface area (Å²) in [5.74, 6) is 1.29. The molecule has 15 heavy (non-hydrogen) atoms. The minimum Gasteiger partial charge on any atom is -0.496 e. The van der Waals surface area contributed by atoms with E-state index >= 15 is 0 Å². The van der Waals surface area contributed by atoms with Gasteiger partial charge in [0.1, 0.15) is 5.75 Å². The number of methoxy groups -OCH3 is 1. The van der Waals surface area contributed by atoms with Gasteiger partial charge in [-0.1, -0.05) is 13.8 Å². The molecule has 0 fully saturated rings. The summed E-state index contributed by atoms with van der Waals surface area (Å²) in [4.78, 5) is 11.5. The molecule has 0 radical (unpaired) electrons. The summed E-state index contributed by atoms with van der Waals surface area (Å²) in [6.07, 6.45) is 0. The van der Waals surface area contributed by atoms with Crippen molar-refractivity contribution in [1.29, 1.82) is 0 Å². The summed E-state index contributed by atoms with van der Waals surface area (Å²) < 4.78 is 5.27. The van der Waals surface area contributed by atoms with Gasteiger partial charge in [0.15, 0.2) is 5.78 Å². The Bertz CT molecular complexity index is 378. The molecule has 0 saturated heterocycles. The fourth-order valence-corrected chi connectivity index (χ4v) is 1.62. The van der Waals surface area contributed by atoms with Crippen molar-refractivity contribution in [3.8, 4) is 5.75 Å². The number of carbonyl (C=O) groups is 1. The molecule has 0 N–H and O–H groups in total. The molecule has 1 aromatic rings. The van der Waals surface area contributed by atoms with E-state index in [1.165, 1.54) is 0 Å². The number of hydrogen-bond acceptors (Lipinski definition) is 2. The van der Waals surface area contributed by atoms with Crippen molar-refractivity contribution in [2.45, 2.75) is 33.6 Å². The normalized spacial score (nSPS) is 10.5. The van der Waals surface area contributed by atoms with Crippen molar-refractivity contribution in [1.82, 2.24) is 0 Å². The summed E-state index contributed by atoms with van der Waals surface area (Å²) in [5.41, 5.74) is 2.83. The Morgan fingerprint density at radius 1 is 1.33 bits per heavy atom. The largest absolute Gasteiger partial charge is 0.496 e.